The van der Waals surface area contributed by atoms with Crippen molar-refractivity contribution < 1.29 is 19.1 Å². The lowest BCUT2D eigenvalue weighted by Crippen LogP contribution is -2.29. The summed E-state index contributed by atoms with van der Waals surface area (Å²) in [5.41, 5.74) is 3.60. The van der Waals surface area contributed by atoms with Crippen molar-refractivity contribution in [3.63, 3.8) is 0 Å². The van der Waals surface area contributed by atoms with Gasteiger partial charge in [0.25, 0.3) is 11.8 Å². The van der Waals surface area contributed by atoms with Crippen LogP contribution in [0.15, 0.2) is 66.7 Å². The Morgan fingerprint density at radius 3 is 2.09 bits per heavy atom. The first-order valence-electron chi connectivity index (χ1n) is 11.4. The zero-order valence-corrected chi connectivity index (χ0v) is 19.5. The highest BCUT2D eigenvalue weighted by Gasteiger charge is 2.35. The average Bonchev–Trinajstić information content (AvgIpc) is 3.10. The van der Waals surface area contributed by atoms with Crippen molar-refractivity contribution in [2.24, 2.45) is 0 Å². The predicted octanol–water partition coefficient (Wildman–Crippen LogP) is 3.35. The number of nitrogens with zero attached hydrogens (tertiary/aromatic N) is 1. The molecule has 0 aromatic heterocycles. The van der Waals surface area contributed by atoms with Crippen molar-refractivity contribution >= 4 is 11.8 Å². The van der Waals surface area contributed by atoms with E-state index >= 15 is 0 Å². The lowest BCUT2D eigenvalue weighted by Gasteiger charge is -2.17. The molecule has 0 radical (unpaired) electrons. The Kier molecular flexibility index (Phi) is 7.57. The van der Waals surface area contributed by atoms with Gasteiger partial charge in [-0.05, 0) is 55.6 Å². The van der Waals surface area contributed by atoms with Gasteiger partial charge in [-0.2, -0.15) is 0 Å². The van der Waals surface area contributed by atoms with Gasteiger partial charge in [0, 0.05) is 18.7 Å². The van der Waals surface area contributed by atoms with Crippen LogP contribution in [0.1, 0.15) is 26.3 Å². The van der Waals surface area contributed by atoms with Crippen molar-refractivity contribution in [3.8, 4) is 22.6 Å². The number of fused-ring (bicyclic) bond motifs is 1. The molecular formula is C27H29N3O4. The van der Waals surface area contributed by atoms with E-state index in [0.717, 1.165) is 29.0 Å². The van der Waals surface area contributed by atoms with Gasteiger partial charge in [-0.25, -0.2) is 0 Å². The quantitative estimate of drug-likeness (QED) is 0.338. The van der Waals surface area contributed by atoms with Gasteiger partial charge < -0.3 is 20.1 Å². The number of likely N-dealkylation sites (N-methyl/N-ethyl adjacent to an activating group) is 2. The molecule has 0 atom stereocenters. The fourth-order valence-electron chi connectivity index (χ4n) is 3.88. The van der Waals surface area contributed by atoms with Crippen LogP contribution in [0.5, 0.6) is 11.5 Å². The van der Waals surface area contributed by atoms with Crippen LogP contribution in [0.4, 0.5) is 0 Å². The Morgan fingerprint density at radius 1 is 0.735 bits per heavy atom. The summed E-state index contributed by atoms with van der Waals surface area (Å²) in [6.45, 7) is 2.69. The fourth-order valence-corrected chi connectivity index (χ4v) is 3.88. The molecule has 3 aromatic carbocycles. The highest BCUT2D eigenvalue weighted by molar-refractivity contribution is 6.21. The van der Waals surface area contributed by atoms with Gasteiger partial charge in [-0.3, -0.25) is 14.5 Å². The normalized spacial score (nSPS) is 12.7. The number of nitrogens with one attached hydrogen (secondary N) is 2. The van der Waals surface area contributed by atoms with Crippen molar-refractivity contribution in [3.05, 3.63) is 83.4 Å². The highest BCUT2D eigenvalue weighted by Crippen LogP contribution is 2.34. The maximum Gasteiger partial charge on any atom is 0.261 e. The Labute approximate surface area is 199 Å². The largest absolute Gasteiger partial charge is 0.492 e. The molecule has 1 aliphatic rings. The third kappa shape index (κ3) is 5.11. The molecule has 0 spiro atoms. The minimum absolute atomic E-state index is 0.183. The minimum atomic E-state index is -0.270. The highest BCUT2D eigenvalue weighted by atomic mass is 16.5. The molecule has 0 bridgehead atoms. The standard InChI is InChI=1S/C27H29N3O4/c1-28-12-14-33-21-7-5-6-20(17-21)22-11-10-19(16-25(22)34-15-13-29-2)18-30-26(31)23-8-3-4-9-24(23)27(30)32/h3-11,16-17,28-29H,12-15,18H2,1-2H3. The summed E-state index contributed by atoms with van der Waals surface area (Å²) in [4.78, 5) is 26.9. The Bertz CT molecular complexity index is 1140. The van der Waals surface area contributed by atoms with Gasteiger partial charge >= 0.3 is 0 Å². The SMILES string of the molecule is CNCCOc1cccc(-c2ccc(CN3C(=O)c4ccccc4C3=O)cc2OCCNC)c1. The van der Waals surface area contributed by atoms with E-state index < -0.39 is 0 Å². The number of rotatable bonds is 11. The van der Waals surface area contributed by atoms with E-state index in [1.54, 1.807) is 24.3 Å². The predicted molar refractivity (Wildman–Crippen MR) is 131 cm³/mol. The number of benzene rings is 3. The topological polar surface area (TPSA) is 79.9 Å². The molecule has 0 fully saturated rings. The van der Waals surface area contributed by atoms with Crippen LogP contribution >= 0.6 is 0 Å². The molecular weight excluding hydrogens is 430 g/mol. The molecule has 7 nitrogen and oxygen atoms in total. The van der Waals surface area contributed by atoms with Gasteiger partial charge in [0.05, 0.1) is 17.7 Å². The molecule has 1 aliphatic heterocycles. The van der Waals surface area contributed by atoms with Gasteiger partial charge in [0.15, 0.2) is 0 Å². The summed E-state index contributed by atoms with van der Waals surface area (Å²) in [5, 5.41) is 6.15. The maximum atomic E-state index is 12.8. The number of carbonyl (C=O) groups is 2. The van der Waals surface area contributed by atoms with Crippen molar-refractivity contribution in [1.29, 1.82) is 0 Å². The molecule has 0 unspecified atom stereocenters. The third-order valence-corrected chi connectivity index (χ3v) is 5.64. The second kappa shape index (κ2) is 11.0. The van der Waals surface area contributed by atoms with E-state index in [0.29, 0.717) is 36.6 Å². The summed E-state index contributed by atoms with van der Waals surface area (Å²) in [6, 6.07) is 20.6. The van der Waals surface area contributed by atoms with E-state index in [1.807, 2.05) is 56.6 Å². The van der Waals surface area contributed by atoms with Crippen LogP contribution in [-0.4, -0.2) is 57.1 Å². The van der Waals surface area contributed by atoms with Crippen LogP contribution in [0.2, 0.25) is 0 Å². The number of imide groups is 1. The lowest BCUT2D eigenvalue weighted by molar-refractivity contribution is 0.0642. The number of amides is 2. The smallest absolute Gasteiger partial charge is 0.261 e. The molecule has 1 heterocycles. The molecule has 2 N–H and O–H groups in total. The molecule has 4 rings (SSSR count). The Morgan fingerprint density at radius 2 is 1.41 bits per heavy atom. The van der Waals surface area contributed by atoms with Gasteiger partial charge in [0.2, 0.25) is 0 Å². The Hall–Kier alpha value is -3.68. The van der Waals surface area contributed by atoms with E-state index in [-0.39, 0.29) is 18.4 Å². The van der Waals surface area contributed by atoms with Gasteiger partial charge in [-0.1, -0.05) is 36.4 Å². The first kappa shape index (κ1) is 23.5. The molecule has 176 valence electrons. The van der Waals surface area contributed by atoms with Crippen LogP contribution in [0.3, 0.4) is 0 Å². The minimum Gasteiger partial charge on any atom is -0.492 e. The summed E-state index contributed by atoms with van der Waals surface area (Å²) in [6.07, 6.45) is 0. The third-order valence-electron chi connectivity index (χ3n) is 5.64. The number of hydrogen-bond donors (Lipinski definition) is 2. The van der Waals surface area contributed by atoms with Gasteiger partial charge in [-0.15, -0.1) is 0 Å². The molecule has 2 amide bonds. The second-order valence-electron chi connectivity index (χ2n) is 8.00. The summed E-state index contributed by atoms with van der Waals surface area (Å²) in [5.74, 6) is 0.934. The number of ether oxygens (including phenoxy) is 2. The lowest BCUT2D eigenvalue weighted by atomic mass is 10.0. The zero-order chi connectivity index (χ0) is 23.9. The Balaban J connectivity index is 1.59. The van der Waals surface area contributed by atoms with E-state index in [9.17, 15) is 9.59 Å². The van der Waals surface area contributed by atoms with E-state index in [4.69, 9.17) is 9.47 Å². The molecule has 0 saturated carbocycles. The van der Waals surface area contributed by atoms with E-state index in [1.165, 1.54) is 4.90 Å². The van der Waals surface area contributed by atoms with Crippen LogP contribution in [0, 0.1) is 0 Å². The number of hydrogen-bond acceptors (Lipinski definition) is 6. The molecule has 0 saturated heterocycles. The second-order valence-corrected chi connectivity index (χ2v) is 8.00. The van der Waals surface area contributed by atoms with Gasteiger partial charge in [0.1, 0.15) is 24.7 Å². The molecule has 7 heteroatoms. The van der Waals surface area contributed by atoms with Crippen molar-refractivity contribution in [2.75, 3.05) is 40.4 Å². The maximum absolute atomic E-state index is 12.8. The summed E-state index contributed by atoms with van der Waals surface area (Å²) >= 11 is 0. The first-order valence-corrected chi connectivity index (χ1v) is 11.4. The zero-order valence-electron chi connectivity index (χ0n) is 19.5. The van der Waals surface area contributed by atoms with Crippen LogP contribution < -0.4 is 20.1 Å². The molecule has 3 aromatic rings. The number of carbonyl (C=O) groups excluding carboxylic acids is 2. The van der Waals surface area contributed by atoms with Crippen molar-refractivity contribution in [1.82, 2.24) is 15.5 Å². The molecule has 34 heavy (non-hydrogen) atoms. The molecule has 0 aliphatic carbocycles. The first-order chi connectivity index (χ1) is 16.6. The van der Waals surface area contributed by atoms with Crippen LogP contribution in [0.25, 0.3) is 11.1 Å². The average molecular weight is 460 g/mol. The summed E-state index contributed by atoms with van der Waals surface area (Å²) < 4.78 is 11.9. The monoisotopic (exact) mass is 459 g/mol. The summed E-state index contributed by atoms with van der Waals surface area (Å²) in [7, 11) is 3.76. The fraction of sp³-hybridized carbons (Fsp3) is 0.259. The van der Waals surface area contributed by atoms with E-state index in [2.05, 4.69) is 10.6 Å². The van der Waals surface area contributed by atoms with Crippen molar-refractivity contribution in [2.45, 2.75) is 6.54 Å². The van der Waals surface area contributed by atoms with Crippen LogP contribution in [-0.2, 0) is 6.54 Å².